The summed E-state index contributed by atoms with van der Waals surface area (Å²) in [4.78, 5) is 9.82. The number of pyridine rings is 1. The van der Waals surface area contributed by atoms with E-state index in [1.165, 1.54) is 32.1 Å². The van der Waals surface area contributed by atoms with Gasteiger partial charge in [-0.05, 0) is 35.4 Å². The van der Waals surface area contributed by atoms with Crippen LogP contribution in [0.4, 0.5) is 0 Å². The second-order valence-corrected chi connectivity index (χ2v) is 7.77. The Labute approximate surface area is 166 Å². The van der Waals surface area contributed by atoms with Crippen LogP contribution in [-0.2, 0) is 11.3 Å². The molecule has 1 atom stereocenters. The lowest BCUT2D eigenvalue weighted by atomic mass is 9.93. The van der Waals surface area contributed by atoms with E-state index in [2.05, 4.69) is 36.4 Å². The summed E-state index contributed by atoms with van der Waals surface area (Å²) < 4.78 is 7.09. The zero-order valence-electron chi connectivity index (χ0n) is 16.8. The van der Waals surface area contributed by atoms with E-state index in [4.69, 9.17) is 4.74 Å². The second-order valence-electron chi connectivity index (χ2n) is 7.77. The Hall–Kier alpha value is -1.90. The zero-order chi connectivity index (χ0) is 19.2. The first-order valence-electron chi connectivity index (χ1n) is 10.5. The minimum atomic E-state index is -0.0263. The van der Waals surface area contributed by atoms with E-state index in [0.717, 1.165) is 43.7 Å². The number of rotatable bonds is 7. The third-order valence-corrected chi connectivity index (χ3v) is 6.08. The maximum atomic E-state index is 5.23. The minimum Gasteiger partial charge on any atom is -0.383 e. The molecule has 2 aromatic rings. The fraction of sp³-hybridized carbons (Fsp3) is 0.700. The van der Waals surface area contributed by atoms with Crippen molar-refractivity contribution in [2.75, 3.05) is 39.9 Å². The standard InChI is InChI=1S/C20H31N7O/c1-28-16-15-27-20(22-23-24-27)19(18-9-5-6-10-21-18)26-13-11-25(12-14-26)17-7-3-2-4-8-17/h5-6,9-10,17,19H,2-4,7-8,11-16H2,1H3. The van der Waals surface area contributed by atoms with E-state index in [1.54, 1.807) is 7.11 Å². The number of methoxy groups -OCH3 is 1. The van der Waals surface area contributed by atoms with Crippen LogP contribution in [0.2, 0.25) is 0 Å². The van der Waals surface area contributed by atoms with Crippen molar-refractivity contribution in [3.63, 3.8) is 0 Å². The largest absolute Gasteiger partial charge is 0.383 e. The van der Waals surface area contributed by atoms with Gasteiger partial charge in [-0.15, -0.1) is 5.10 Å². The Balaban J connectivity index is 1.51. The Morgan fingerprint density at radius 2 is 1.93 bits per heavy atom. The highest BCUT2D eigenvalue weighted by molar-refractivity contribution is 5.17. The first-order chi connectivity index (χ1) is 13.9. The summed E-state index contributed by atoms with van der Waals surface area (Å²) in [5.74, 6) is 0.849. The molecule has 4 rings (SSSR count). The molecule has 1 saturated carbocycles. The van der Waals surface area contributed by atoms with Crippen LogP contribution in [0.15, 0.2) is 24.4 Å². The van der Waals surface area contributed by atoms with E-state index in [1.807, 2.05) is 23.0 Å². The molecule has 0 spiro atoms. The Morgan fingerprint density at radius 3 is 2.64 bits per heavy atom. The highest BCUT2D eigenvalue weighted by atomic mass is 16.5. The molecule has 0 amide bonds. The predicted molar refractivity (Wildman–Crippen MR) is 106 cm³/mol. The monoisotopic (exact) mass is 385 g/mol. The summed E-state index contributed by atoms with van der Waals surface area (Å²) in [6.07, 6.45) is 8.75. The van der Waals surface area contributed by atoms with E-state index in [9.17, 15) is 0 Å². The summed E-state index contributed by atoms with van der Waals surface area (Å²) in [5.41, 5.74) is 1.00. The van der Waals surface area contributed by atoms with E-state index >= 15 is 0 Å². The summed E-state index contributed by atoms with van der Waals surface area (Å²) in [6.45, 7) is 5.46. The number of aromatic nitrogens is 5. The van der Waals surface area contributed by atoms with Gasteiger partial charge in [0.15, 0.2) is 5.82 Å². The smallest absolute Gasteiger partial charge is 0.174 e. The van der Waals surface area contributed by atoms with Crippen molar-refractivity contribution in [3.8, 4) is 0 Å². The number of hydrogen-bond donors (Lipinski definition) is 0. The molecule has 1 saturated heterocycles. The summed E-state index contributed by atoms with van der Waals surface area (Å²) >= 11 is 0. The van der Waals surface area contributed by atoms with Crippen LogP contribution in [0.5, 0.6) is 0 Å². The molecular formula is C20H31N7O. The van der Waals surface area contributed by atoms with Gasteiger partial charge in [-0.25, -0.2) is 4.68 Å². The molecule has 2 aromatic heterocycles. The van der Waals surface area contributed by atoms with Gasteiger partial charge in [0.05, 0.1) is 18.8 Å². The third kappa shape index (κ3) is 4.39. The highest BCUT2D eigenvalue weighted by Crippen LogP contribution is 2.29. The van der Waals surface area contributed by atoms with E-state index in [-0.39, 0.29) is 6.04 Å². The van der Waals surface area contributed by atoms with Gasteiger partial charge in [0.25, 0.3) is 0 Å². The lowest BCUT2D eigenvalue weighted by Gasteiger charge is -2.42. The molecule has 8 heteroatoms. The first-order valence-corrected chi connectivity index (χ1v) is 10.5. The van der Waals surface area contributed by atoms with Gasteiger partial charge in [-0.2, -0.15) is 0 Å². The molecule has 2 aliphatic rings. The molecule has 1 aliphatic heterocycles. The van der Waals surface area contributed by atoms with Crippen LogP contribution >= 0.6 is 0 Å². The molecule has 152 valence electrons. The van der Waals surface area contributed by atoms with Gasteiger partial charge < -0.3 is 4.74 Å². The molecule has 1 aliphatic carbocycles. The van der Waals surface area contributed by atoms with Crippen molar-refractivity contribution in [1.82, 2.24) is 35.0 Å². The Bertz CT molecular complexity index is 708. The van der Waals surface area contributed by atoms with Crippen molar-refractivity contribution in [1.29, 1.82) is 0 Å². The average Bonchev–Trinajstić information content (AvgIpc) is 3.22. The van der Waals surface area contributed by atoms with Crippen molar-refractivity contribution in [2.45, 2.75) is 50.7 Å². The molecule has 2 fully saturated rings. The van der Waals surface area contributed by atoms with Crippen LogP contribution in [0, 0.1) is 0 Å². The van der Waals surface area contributed by atoms with Crippen LogP contribution in [-0.4, -0.2) is 80.9 Å². The SMILES string of the molecule is COCCn1nnnc1C(c1ccccn1)N1CCN(C2CCCCC2)CC1. The first kappa shape index (κ1) is 19.4. The average molecular weight is 386 g/mol. The predicted octanol–water partition coefficient (Wildman–Crippen LogP) is 1.75. The van der Waals surface area contributed by atoms with E-state index < -0.39 is 0 Å². The molecule has 28 heavy (non-hydrogen) atoms. The van der Waals surface area contributed by atoms with Crippen molar-refractivity contribution in [2.24, 2.45) is 0 Å². The Kier molecular flexibility index (Phi) is 6.61. The van der Waals surface area contributed by atoms with Gasteiger partial charge in [-0.1, -0.05) is 25.3 Å². The molecule has 0 aromatic carbocycles. The summed E-state index contributed by atoms with van der Waals surface area (Å²) in [6, 6.07) is 6.82. The van der Waals surface area contributed by atoms with Gasteiger partial charge in [-0.3, -0.25) is 14.8 Å². The number of tetrazole rings is 1. The van der Waals surface area contributed by atoms with Crippen LogP contribution in [0.1, 0.15) is 49.7 Å². The second kappa shape index (κ2) is 9.54. The number of piperazine rings is 1. The van der Waals surface area contributed by atoms with E-state index in [0.29, 0.717) is 13.2 Å². The van der Waals surface area contributed by atoms with Crippen molar-refractivity contribution in [3.05, 3.63) is 35.9 Å². The van der Waals surface area contributed by atoms with Gasteiger partial charge >= 0.3 is 0 Å². The topological polar surface area (TPSA) is 72.2 Å². The van der Waals surface area contributed by atoms with Gasteiger partial charge in [0, 0.05) is 45.5 Å². The molecule has 0 bridgehead atoms. The van der Waals surface area contributed by atoms with Crippen LogP contribution in [0.3, 0.4) is 0 Å². The lowest BCUT2D eigenvalue weighted by Crippen LogP contribution is -2.52. The van der Waals surface area contributed by atoms with Gasteiger partial charge in [0.1, 0.15) is 6.04 Å². The molecule has 3 heterocycles. The molecule has 0 N–H and O–H groups in total. The molecule has 0 radical (unpaired) electrons. The van der Waals surface area contributed by atoms with Crippen LogP contribution in [0.25, 0.3) is 0 Å². The normalized spacial score (nSPS) is 21.0. The maximum absolute atomic E-state index is 5.23. The molecular weight excluding hydrogens is 354 g/mol. The van der Waals surface area contributed by atoms with Crippen molar-refractivity contribution < 1.29 is 4.74 Å². The quantitative estimate of drug-likeness (QED) is 0.719. The lowest BCUT2D eigenvalue weighted by molar-refractivity contribution is 0.0606. The number of ether oxygens (including phenoxy) is 1. The fourth-order valence-electron chi connectivity index (χ4n) is 4.57. The Morgan fingerprint density at radius 1 is 1.11 bits per heavy atom. The number of hydrogen-bond acceptors (Lipinski definition) is 7. The van der Waals surface area contributed by atoms with Gasteiger partial charge in [0.2, 0.25) is 0 Å². The molecule has 8 nitrogen and oxygen atoms in total. The highest BCUT2D eigenvalue weighted by Gasteiger charge is 2.33. The fourth-order valence-corrected chi connectivity index (χ4v) is 4.57. The maximum Gasteiger partial charge on any atom is 0.174 e. The third-order valence-electron chi connectivity index (χ3n) is 6.08. The zero-order valence-corrected chi connectivity index (χ0v) is 16.8. The molecule has 1 unspecified atom stereocenters. The summed E-state index contributed by atoms with van der Waals surface area (Å²) in [7, 11) is 1.70. The van der Waals surface area contributed by atoms with Crippen molar-refractivity contribution >= 4 is 0 Å². The minimum absolute atomic E-state index is 0.0263. The summed E-state index contributed by atoms with van der Waals surface area (Å²) in [5, 5.41) is 12.5. The number of nitrogens with zero attached hydrogens (tertiary/aromatic N) is 7. The van der Waals surface area contributed by atoms with Crippen LogP contribution < -0.4 is 0 Å².